The molecule has 5 rings (SSSR count). The van der Waals surface area contributed by atoms with Gasteiger partial charge >= 0.3 is 0 Å². The molecule has 0 bridgehead atoms. The van der Waals surface area contributed by atoms with E-state index in [0.29, 0.717) is 13.2 Å². The first-order valence-electron chi connectivity index (χ1n) is 11.7. The van der Waals surface area contributed by atoms with Gasteiger partial charge in [0.15, 0.2) is 5.72 Å². The zero-order valence-corrected chi connectivity index (χ0v) is 19.7. The summed E-state index contributed by atoms with van der Waals surface area (Å²) < 4.78 is 12.8. The van der Waals surface area contributed by atoms with Crippen molar-refractivity contribution in [2.24, 2.45) is 0 Å². The first kappa shape index (κ1) is 21.6. The molecule has 3 aromatic carbocycles. The molecule has 0 spiro atoms. The molecular weight excluding hydrogens is 408 g/mol. The van der Waals surface area contributed by atoms with Gasteiger partial charge in [0.05, 0.1) is 13.2 Å². The summed E-state index contributed by atoms with van der Waals surface area (Å²) in [5, 5.41) is 0. The molecule has 2 aliphatic heterocycles. The molecular formula is C29H32N2O2. The van der Waals surface area contributed by atoms with Crippen LogP contribution in [0.25, 0.3) is 6.08 Å². The third-order valence-corrected chi connectivity index (χ3v) is 7.14. The minimum absolute atomic E-state index is 0.252. The number of fused-ring (bicyclic) bond motifs is 3. The number of nitrogens with zero attached hydrogens (tertiary/aromatic N) is 2. The van der Waals surface area contributed by atoms with Gasteiger partial charge in [0.1, 0.15) is 5.75 Å². The molecule has 2 atom stereocenters. The molecule has 0 aliphatic carbocycles. The van der Waals surface area contributed by atoms with E-state index in [0.717, 1.165) is 18.7 Å². The molecule has 0 saturated carbocycles. The van der Waals surface area contributed by atoms with Gasteiger partial charge in [-0.15, -0.1) is 0 Å². The minimum Gasteiger partial charge on any atom is -0.494 e. The fraction of sp³-hybridized carbons (Fsp3) is 0.310. The summed E-state index contributed by atoms with van der Waals surface area (Å²) in [6, 6.07) is 27.3. The molecule has 4 nitrogen and oxygen atoms in total. The molecule has 0 radical (unpaired) electrons. The summed E-state index contributed by atoms with van der Waals surface area (Å²) in [4.78, 5) is 4.60. The summed E-state index contributed by atoms with van der Waals surface area (Å²) in [5.74, 6) is 0.904. The average Bonchev–Trinajstić information content (AvgIpc) is 3.36. The number of hydrogen-bond acceptors (Lipinski definition) is 4. The number of anilines is 2. The predicted molar refractivity (Wildman–Crippen MR) is 136 cm³/mol. The van der Waals surface area contributed by atoms with Crippen LogP contribution in [-0.4, -0.2) is 39.6 Å². The van der Waals surface area contributed by atoms with Gasteiger partial charge in [0, 0.05) is 37.4 Å². The van der Waals surface area contributed by atoms with E-state index >= 15 is 0 Å². The Hall–Kier alpha value is -3.24. The van der Waals surface area contributed by atoms with Crippen LogP contribution in [0.2, 0.25) is 0 Å². The topological polar surface area (TPSA) is 24.9 Å². The summed E-state index contributed by atoms with van der Waals surface area (Å²) in [6.45, 7) is 4.54. The second kappa shape index (κ2) is 8.60. The number of ether oxygens (including phenoxy) is 2. The van der Waals surface area contributed by atoms with Crippen LogP contribution < -0.4 is 14.5 Å². The SMILES string of the molecule is CN(C)c1ccccc1C=CC12OCCN1c1ccccc1C2(C)CCOc1ccccc1. The highest BCUT2D eigenvalue weighted by Crippen LogP contribution is 2.56. The van der Waals surface area contributed by atoms with Gasteiger partial charge in [-0.05, 0) is 47.9 Å². The van der Waals surface area contributed by atoms with Gasteiger partial charge in [0.25, 0.3) is 0 Å². The molecule has 0 aromatic heterocycles. The van der Waals surface area contributed by atoms with Crippen molar-refractivity contribution in [3.05, 3.63) is 96.1 Å². The van der Waals surface area contributed by atoms with E-state index in [1.807, 2.05) is 30.3 Å². The van der Waals surface area contributed by atoms with Crippen LogP contribution in [0.15, 0.2) is 84.9 Å². The van der Waals surface area contributed by atoms with Crippen molar-refractivity contribution in [3.8, 4) is 5.75 Å². The van der Waals surface area contributed by atoms with Gasteiger partial charge in [-0.25, -0.2) is 0 Å². The van der Waals surface area contributed by atoms with Crippen LogP contribution in [0.5, 0.6) is 5.75 Å². The van der Waals surface area contributed by atoms with Gasteiger partial charge < -0.3 is 19.3 Å². The Morgan fingerprint density at radius 1 is 0.970 bits per heavy atom. The maximum absolute atomic E-state index is 6.66. The lowest BCUT2D eigenvalue weighted by atomic mass is 9.73. The lowest BCUT2D eigenvalue weighted by Crippen LogP contribution is -2.53. The first-order valence-corrected chi connectivity index (χ1v) is 11.7. The number of rotatable bonds is 7. The lowest BCUT2D eigenvalue weighted by Gasteiger charge is -2.42. The van der Waals surface area contributed by atoms with E-state index in [9.17, 15) is 0 Å². The van der Waals surface area contributed by atoms with Crippen molar-refractivity contribution in [2.75, 3.05) is 43.7 Å². The van der Waals surface area contributed by atoms with E-state index in [1.165, 1.54) is 22.5 Å². The summed E-state index contributed by atoms with van der Waals surface area (Å²) >= 11 is 0. The largest absolute Gasteiger partial charge is 0.494 e. The maximum Gasteiger partial charge on any atom is 0.170 e. The van der Waals surface area contributed by atoms with Crippen molar-refractivity contribution in [3.63, 3.8) is 0 Å². The maximum atomic E-state index is 6.66. The van der Waals surface area contributed by atoms with Crippen molar-refractivity contribution in [1.82, 2.24) is 0 Å². The quantitative estimate of drug-likeness (QED) is 0.468. The summed E-state index contributed by atoms with van der Waals surface area (Å²) in [7, 11) is 4.17. The molecule has 2 unspecified atom stereocenters. The lowest BCUT2D eigenvalue weighted by molar-refractivity contribution is -0.0141. The molecule has 0 amide bonds. The minimum atomic E-state index is -0.545. The zero-order valence-electron chi connectivity index (χ0n) is 19.7. The van der Waals surface area contributed by atoms with Crippen LogP contribution in [0, 0.1) is 0 Å². The van der Waals surface area contributed by atoms with E-state index in [4.69, 9.17) is 9.47 Å². The van der Waals surface area contributed by atoms with E-state index in [1.54, 1.807) is 0 Å². The fourth-order valence-electron chi connectivity index (χ4n) is 5.43. The summed E-state index contributed by atoms with van der Waals surface area (Å²) in [6.07, 6.45) is 5.36. The Morgan fingerprint density at radius 2 is 1.70 bits per heavy atom. The molecule has 170 valence electrons. The Kier molecular flexibility index (Phi) is 5.63. The van der Waals surface area contributed by atoms with Crippen LogP contribution in [0.4, 0.5) is 11.4 Å². The zero-order chi connectivity index (χ0) is 22.9. The second-order valence-corrected chi connectivity index (χ2v) is 9.24. The molecule has 33 heavy (non-hydrogen) atoms. The third-order valence-electron chi connectivity index (χ3n) is 7.14. The summed E-state index contributed by atoms with van der Waals surface area (Å²) in [5.41, 5.74) is 4.18. The van der Waals surface area contributed by atoms with Crippen LogP contribution >= 0.6 is 0 Å². The van der Waals surface area contributed by atoms with Crippen molar-refractivity contribution in [2.45, 2.75) is 24.5 Å². The van der Waals surface area contributed by atoms with Gasteiger partial charge in [-0.3, -0.25) is 0 Å². The molecule has 4 heteroatoms. The third kappa shape index (κ3) is 3.59. The van der Waals surface area contributed by atoms with Crippen LogP contribution in [0.1, 0.15) is 24.5 Å². The Balaban J connectivity index is 1.52. The van der Waals surface area contributed by atoms with Crippen molar-refractivity contribution in [1.29, 1.82) is 0 Å². The Labute approximate surface area is 197 Å². The van der Waals surface area contributed by atoms with Crippen molar-refractivity contribution < 1.29 is 9.47 Å². The van der Waals surface area contributed by atoms with E-state index in [2.05, 4.69) is 91.5 Å². The predicted octanol–water partition coefficient (Wildman–Crippen LogP) is 5.74. The molecule has 2 heterocycles. The highest BCUT2D eigenvalue weighted by Gasteiger charge is 2.61. The number of para-hydroxylation sites is 3. The van der Waals surface area contributed by atoms with Gasteiger partial charge in [-0.1, -0.05) is 67.6 Å². The van der Waals surface area contributed by atoms with Crippen LogP contribution in [0.3, 0.4) is 0 Å². The second-order valence-electron chi connectivity index (χ2n) is 9.24. The Morgan fingerprint density at radius 3 is 2.52 bits per heavy atom. The van der Waals surface area contributed by atoms with Gasteiger partial charge in [0.2, 0.25) is 0 Å². The van der Waals surface area contributed by atoms with Crippen LogP contribution in [-0.2, 0) is 10.2 Å². The monoisotopic (exact) mass is 440 g/mol. The highest BCUT2D eigenvalue weighted by molar-refractivity contribution is 5.73. The van der Waals surface area contributed by atoms with Gasteiger partial charge in [-0.2, -0.15) is 0 Å². The number of benzene rings is 3. The normalized spacial score (nSPS) is 23.5. The standard InChI is InChI=1S/C29H32N2O2/c1-28(19-21-32-24-12-5-4-6-13-24)25-14-8-10-16-27(25)31-20-22-33-29(28,31)18-17-23-11-7-9-15-26(23)30(2)3/h4-18H,19-22H2,1-3H3. The Bertz CT molecular complexity index is 1140. The number of hydrogen-bond donors (Lipinski definition) is 0. The molecule has 1 fully saturated rings. The molecule has 1 saturated heterocycles. The van der Waals surface area contributed by atoms with Crippen molar-refractivity contribution >= 4 is 17.5 Å². The highest BCUT2D eigenvalue weighted by atomic mass is 16.5. The molecule has 0 N–H and O–H groups in total. The average molecular weight is 441 g/mol. The molecule has 3 aromatic rings. The smallest absolute Gasteiger partial charge is 0.170 e. The first-order chi connectivity index (χ1) is 16.1. The fourth-order valence-corrected chi connectivity index (χ4v) is 5.43. The van der Waals surface area contributed by atoms with E-state index in [-0.39, 0.29) is 5.41 Å². The van der Waals surface area contributed by atoms with E-state index < -0.39 is 5.72 Å². The molecule has 2 aliphatic rings.